The lowest BCUT2D eigenvalue weighted by molar-refractivity contribution is -0.679. The third-order valence-electron chi connectivity index (χ3n) is 2.35. The van der Waals surface area contributed by atoms with Gasteiger partial charge in [-0.1, -0.05) is 39.7 Å². The third-order valence-corrected chi connectivity index (χ3v) is 2.35. The standard InChI is InChI=1S/C11H8N4O/c16-14-8-4-7-10-12-13-11(15(10)14)9-5-2-1-3-6-9/h1-8H. The Labute approximate surface area is 91.2 Å². The molecule has 5 heteroatoms. The van der Waals surface area contributed by atoms with Crippen LogP contribution in [0.5, 0.6) is 0 Å². The van der Waals surface area contributed by atoms with Gasteiger partial charge in [0, 0.05) is 11.6 Å². The second-order valence-electron chi connectivity index (χ2n) is 3.37. The van der Waals surface area contributed by atoms with E-state index in [2.05, 4.69) is 10.2 Å². The first-order chi connectivity index (χ1) is 7.86. The molecule has 0 aliphatic carbocycles. The van der Waals surface area contributed by atoms with Crippen LogP contribution in [0.15, 0.2) is 48.7 Å². The summed E-state index contributed by atoms with van der Waals surface area (Å²) in [5.74, 6) is 0.547. The van der Waals surface area contributed by atoms with Gasteiger partial charge in [-0.3, -0.25) is 0 Å². The van der Waals surface area contributed by atoms with Gasteiger partial charge in [0.05, 0.1) is 0 Å². The first-order valence-corrected chi connectivity index (χ1v) is 4.85. The number of hydrogen-bond acceptors (Lipinski definition) is 3. The van der Waals surface area contributed by atoms with E-state index in [0.29, 0.717) is 11.5 Å². The average Bonchev–Trinajstić information content (AvgIpc) is 2.75. The molecule has 0 aliphatic rings. The SMILES string of the molecule is [O-][n+]1cccc2nnc(-c3ccccc3)n21. The van der Waals surface area contributed by atoms with E-state index in [1.165, 1.54) is 10.7 Å². The number of benzene rings is 1. The lowest BCUT2D eigenvalue weighted by Crippen LogP contribution is -2.35. The predicted octanol–water partition coefficient (Wildman–Crippen LogP) is 1.03. The Kier molecular flexibility index (Phi) is 1.83. The number of fused-ring (bicyclic) bond motifs is 1. The van der Waals surface area contributed by atoms with Crippen LogP contribution in [0.1, 0.15) is 0 Å². The van der Waals surface area contributed by atoms with Crippen molar-refractivity contribution in [2.24, 2.45) is 0 Å². The molecule has 0 aliphatic heterocycles. The molecule has 5 nitrogen and oxygen atoms in total. The number of rotatable bonds is 1. The topological polar surface area (TPSA) is 57.1 Å². The predicted molar refractivity (Wildman–Crippen MR) is 57.4 cm³/mol. The quantitative estimate of drug-likeness (QED) is 0.447. The third kappa shape index (κ3) is 1.22. The second kappa shape index (κ2) is 3.30. The fourth-order valence-corrected chi connectivity index (χ4v) is 1.63. The highest BCUT2D eigenvalue weighted by Crippen LogP contribution is 2.15. The summed E-state index contributed by atoms with van der Waals surface area (Å²) < 4.78 is 1.43. The number of hydrogen-bond donors (Lipinski definition) is 0. The zero-order valence-corrected chi connectivity index (χ0v) is 8.32. The van der Waals surface area contributed by atoms with E-state index in [9.17, 15) is 5.21 Å². The highest BCUT2D eigenvalue weighted by Gasteiger charge is 2.12. The Morgan fingerprint density at radius 3 is 2.62 bits per heavy atom. The molecule has 2 aromatic heterocycles. The lowest BCUT2D eigenvalue weighted by Gasteiger charge is -2.00. The van der Waals surface area contributed by atoms with Gasteiger partial charge in [0.25, 0.3) is 0 Å². The van der Waals surface area contributed by atoms with Gasteiger partial charge in [-0.15, -0.1) is 10.2 Å². The van der Waals surface area contributed by atoms with Gasteiger partial charge in [-0.25, -0.2) is 0 Å². The summed E-state index contributed by atoms with van der Waals surface area (Å²) in [6, 6.07) is 12.9. The largest absolute Gasteiger partial charge is 0.596 e. The van der Waals surface area contributed by atoms with Crippen molar-refractivity contribution in [1.82, 2.24) is 14.7 Å². The Bertz CT molecular complexity index is 633. The molecule has 0 N–H and O–H groups in total. The van der Waals surface area contributed by atoms with E-state index >= 15 is 0 Å². The molecule has 3 aromatic rings. The van der Waals surface area contributed by atoms with E-state index < -0.39 is 0 Å². The van der Waals surface area contributed by atoms with Crippen molar-refractivity contribution in [2.45, 2.75) is 0 Å². The summed E-state index contributed by atoms with van der Waals surface area (Å²) in [7, 11) is 0. The normalized spacial score (nSPS) is 10.8. The Hall–Kier alpha value is -2.43. The van der Waals surface area contributed by atoms with Crippen LogP contribution >= 0.6 is 0 Å². The smallest absolute Gasteiger partial charge is 0.225 e. The second-order valence-corrected chi connectivity index (χ2v) is 3.37. The number of aromatic nitrogens is 4. The monoisotopic (exact) mass is 212 g/mol. The van der Waals surface area contributed by atoms with Crippen LogP contribution in [0, 0.1) is 5.21 Å². The van der Waals surface area contributed by atoms with Crippen molar-refractivity contribution < 1.29 is 4.85 Å². The van der Waals surface area contributed by atoms with Crippen molar-refractivity contribution in [1.29, 1.82) is 0 Å². The summed E-state index contributed by atoms with van der Waals surface area (Å²) in [6.45, 7) is 0. The molecule has 1 aromatic carbocycles. The van der Waals surface area contributed by atoms with E-state index in [1.807, 2.05) is 30.3 Å². The van der Waals surface area contributed by atoms with Gasteiger partial charge in [-0.2, -0.15) is 0 Å². The molecule has 0 spiro atoms. The summed E-state index contributed by atoms with van der Waals surface area (Å²) in [6.07, 6.45) is 1.42. The van der Waals surface area contributed by atoms with Gasteiger partial charge in [0.1, 0.15) is 0 Å². The summed E-state index contributed by atoms with van der Waals surface area (Å²) in [4.78, 5) is 0.720. The van der Waals surface area contributed by atoms with Crippen molar-refractivity contribution in [3.63, 3.8) is 0 Å². The van der Waals surface area contributed by atoms with Crippen LogP contribution in [-0.4, -0.2) is 14.7 Å². The summed E-state index contributed by atoms with van der Waals surface area (Å²) in [5, 5.41) is 19.6. The molecule has 0 amide bonds. The number of nitrogens with zero attached hydrogens (tertiary/aromatic N) is 4. The molecular weight excluding hydrogens is 204 g/mol. The molecule has 2 heterocycles. The van der Waals surface area contributed by atoms with E-state index in [-0.39, 0.29) is 0 Å². The summed E-state index contributed by atoms with van der Waals surface area (Å²) in [5.41, 5.74) is 1.40. The first kappa shape index (κ1) is 8.84. The van der Waals surface area contributed by atoms with E-state index in [1.54, 1.807) is 12.1 Å². The van der Waals surface area contributed by atoms with Gasteiger partial charge in [0.2, 0.25) is 17.7 Å². The maximum Gasteiger partial charge on any atom is 0.225 e. The van der Waals surface area contributed by atoms with Gasteiger partial charge in [0.15, 0.2) is 0 Å². The maximum atomic E-state index is 11.6. The maximum absolute atomic E-state index is 11.6. The Morgan fingerprint density at radius 2 is 1.81 bits per heavy atom. The average molecular weight is 212 g/mol. The minimum Gasteiger partial charge on any atom is -0.596 e. The van der Waals surface area contributed by atoms with Gasteiger partial charge < -0.3 is 5.21 Å². The van der Waals surface area contributed by atoms with Crippen LogP contribution in [0.25, 0.3) is 17.0 Å². The zero-order valence-electron chi connectivity index (χ0n) is 8.32. The van der Waals surface area contributed by atoms with Crippen molar-refractivity contribution >= 4 is 5.65 Å². The van der Waals surface area contributed by atoms with Crippen LogP contribution in [0.3, 0.4) is 0 Å². The van der Waals surface area contributed by atoms with Crippen molar-refractivity contribution in [3.05, 3.63) is 53.9 Å². The molecule has 3 rings (SSSR count). The fraction of sp³-hybridized carbons (Fsp3) is 0. The van der Waals surface area contributed by atoms with E-state index in [0.717, 1.165) is 10.4 Å². The molecule has 16 heavy (non-hydrogen) atoms. The molecule has 0 atom stereocenters. The van der Waals surface area contributed by atoms with Crippen LogP contribution in [0.4, 0.5) is 0 Å². The minimum atomic E-state index is 0.538. The van der Waals surface area contributed by atoms with Crippen molar-refractivity contribution in [3.8, 4) is 11.4 Å². The molecule has 78 valence electrons. The molecule has 0 radical (unpaired) electrons. The van der Waals surface area contributed by atoms with Crippen LogP contribution < -0.4 is 4.85 Å². The molecule has 0 fully saturated rings. The molecule has 0 unspecified atom stereocenters. The highest BCUT2D eigenvalue weighted by molar-refractivity contribution is 5.57. The van der Waals surface area contributed by atoms with Gasteiger partial charge >= 0.3 is 0 Å². The zero-order chi connectivity index (χ0) is 11.0. The van der Waals surface area contributed by atoms with Crippen LogP contribution in [0.2, 0.25) is 0 Å². The molecule has 0 saturated carbocycles. The molecule has 0 saturated heterocycles. The Balaban J connectivity index is 2.33. The molecule has 0 bridgehead atoms. The van der Waals surface area contributed by atoms with Crippen LogP contribution in [-0.2, 0) is 0 Å². The Morgan fingerprint density at radius 1 is 1.00 bits per heavy atom. The summed E-state index contributed by atoms with van der Waals surface area (Å²) >= 11 is 0. The highest BCUT2D eigenvalue weighted by atomic mass is 16.5. The van der Waals surface area contributed by atoms with Crippen molar-refractivity contribution in [2.75, 3.05) is 0 Å². The first-order valence-electron chi connectivity index (χ1n) is 4.85. The van der Waals surface area contributed by atoms with E-state index in [4.69, 9.17) is 0 Å². The van der Waals surface area contributed by atoms with Gasteiger partial charge in [-0.05, 0) is 6.07 Å². The lowest BCUT2D eigenvalue weighted by atomic mass is 10.2. The molecular formula is C11H8N4O. The minimum absolute atomic E-state index is 0.538. The fourth-order valence-electron chi connectivity index (χ4n) is 1.63.